The molecule has 10 nitrogen and oxygen atoms in total. The number of anilines is 1. The maximum Gasteiger partial charge on any atom is 0.257 e. The zero-order valence-electron chi connectivity index (χ0n) is 15.9. The number of carbonyl (C=O) groups is 1. The SMILES string of the molecule is CNC(=O)[C@@]12CO[C@@H](C1O)[C@H](n1cnc3c(NCc4cccc(Br)c4)ncnc31)O2. The minimum atomic E-state index is -1.44. The first-order chi connectivity index (χ1) is 14.5. The van der Waals surface area contributed by atoms with Gasteiger partial charge in [0.1, 0.15) is 18.5 Å². The molecular formula is C19H19BrN6O4. The van der Waals surface area contributed by atoms with Crippen molar-refractivity contribution < 1.29 is 19.4 Å². The monoisotopic (exact) mass is 474 g/mol. The van der Waals surface area contributed by atoms with Crippen LogP contribution in [0.1, 0.15) is 11.8 Å². The second kappa shape index (κ2) is 7.27. The van der Waals surface area contributed by atoms with Crippen LogP contribution in [0.5, 0.6) is 0 Å². The number of aliphatic hydroxyl groups excluding tert-OH is 1. The molecule has 2 saturated heterocycles. The maximum absolute atomic E-state index is 12.3. The van der Waals surface area contributed by atoms with Gasteiger partial charge < -0.3 is 25.2 Å². The first kappa shape index (κ1) is 19.4. The summed E-state index contributed by atoms with van der Waals surface area (Å²) in [6.07, 6.45) is 0.471. The summed E-state index contributed by atoms with van der Waals surface area (Å²) in [7, 11) is 1.50. The Bertz CT molecular complexity index is 1120. The van der Waals surface area contributed by atoms with Gasteiger partial charge in [0.05, 0.1) is 12.9 Å². The summed E-state index contributed by atoms with van der Waals surface area (Å²) in [5.41, 5.74) is 0.718. The van der Waals surface area contributed by atoms with E-state index in [1.165, 1.54) is 13.4 Å². The molecule has 3 aromatic rings. The molecule has 2 aliphatic heterocycles. The highest BCUT2D eigenvalue weighted by Gasteiger charge is 2.65. The van der Waals surface area contributed by atoms with Crippen molar-refractivity contribution in [3.05, 3.63) is 47.0 Å². The Hall–Kier alpha value is -2.60. The lowest BCUT2D eigenvalue weighted by Gasteiger charge is -2.29. The van der Waals surface area contributed by atoms with Gasteiger partial charge in [0, 0.05) is 18.1 Å². The number of aromatic nitrogens is 4. The zero-order valence-corrected chi connectivity index (χ0v) is 17.5. The molecule has 4 heterocycles. The van der Waals surface area contributed by atoms with Crippen molar-refractivity contribution in [1.29, 1.82) is 0 Å². The first-order valence-electron chi connectivity index (χ1n) is 9.39. The number of ether oxygens (including phenoxy) is 2. The van der Waals surface area contributed by atoms with E-state index < -0.39 is 29.9 Å². The number of carbonyl (C=O) groups excluding carboxylic acids is 1. The Labute approximate surface area is 179 Å². The van der Waals surface area contributed by atoms with Crippen LogP contribution in [0.4, 0.5) is 5.82 Å². The molecule has 156 valence electrons. The molecule has 0 saturated carbocycles. The molecule has 1 unspecified atom stereocenters. The normalized spacial score (nSPS) is 27.5. The number of halogens is 1. The number of rotatable bonds is 5. The molecule has 4 atom stereocenters. The topological polar surface area (TPSA) is 123 Å². The largest absolute Gasteiger partial charge is 0.387 e. The van der Waals surface area contributed by atoms with E-state index in [-0.39, 0.29) is 6.61 Å². The molecule has 0 spiro atoms. The van der Waals surface area contributed by atoms with E-state index >= 15 is 0 Å². The van der Waals surface area contributed by atoms with Gasteiger partial charge in [0.15, 0.2) is 23.2 Å². The smallest absolute Gasteiger partial charge is 0.257 e. The van der Waals surface area contributed by atoms with Crippen molar-refractivity contribution in [1.82, 2.24) is 24.8 Å². The van der Waals surface area contributed by atoms with Crippen LogP contribution in [0.3, 0.4) is 0 Å². The van der Waals surface area contributed by atoms with Gasteiger partial charge in [-0.25, -0.2) is 15.0 Å². The fourth-order valence-corrected chi connectivity index (χ4v) is 4.41. The summed E-state index contributed by atoms with van der Waals surface area (Å²) in [5.74, 6) is 0.153. The summed E-state index contributed by atoms with van der Waals surface area (Å²) >= 11 is 3.47. The molecular weight excluding hydrogens is 456 g/mol. The van der Waals surface area contributed by atoms with E-state index in [0.29, 0.717) is 23.5 Å². The van der Waals surface area contributed by atoms with Gasteiger partial charge in [-0.15, -0.1) is 0 Å². The predicted octanol–water partition coefficient (Wildman–Crippen LogP) is 0.974. The molecule has 1 aromatic carbocycles. The molecule has 30 heavy (non-hydrogen) atoms. The molecule has 1 amide bonds. The number of benzene rings is 1. The van der Waals surface area contributed by atoms with Crippen molar-refractivity contribution in [3.63, 3.8) is 0 Å². The molecule has 0 radical (unpaired) electrons. The number of hydrogen-bond acceptors (Lipinski definition) is 8. The van der Waals surface area contributed by atoms with Crippen molar-refractivity contribution in [3.8, 4) is 0 Å². The van der Waals surface area contributed by atoms with Crippen molar-refractivity contribution >= 4 is 38.8 Å². The highest BCUT2D eigenvalue weighted by Crippen LogP contribution is 2.45. The average Bonchev–Trinajstić information content (AvgIpc) is 3.42. The number of nitrogens with zero attached hydrogens (tertiary/aromatic N) is 4. The van der Waals surface area contributed by atoms with Crippen molar-refractivity contribution in [2.24, 2.45) is 0 Å². The third-order valence-corrected chi connectivity index (χ3v) is 5.98. The van der Waals surface area contributed by atoms with Gasteiger partial charge in [-0.3, -0.25) is 9.36 Å². The van der Waals surface area contributed by atoms with E-state index in [4.69, 9.17) is 9.47 Å². The summed E-state index contributed by atoms with van der Waals surface area (Å²) in [6, 6.07) is 7.95. The second-order valence-corrected chi connectivity index (χ2v) is 8.14. The summed E-state index contributed by atoms with van der Waals surface area (Å²) < 4.78 is 14.3. The number of aliphatic hydroxyl groups is 1. The Morgan fingerprint density at radius 2 is 2.27 bits per heavy atom. The number of amides is 1. The van der Waals surface area contributed by atoms with Gasteiger partial charge in [0.25, 0.3) is 5.91 Å². The number of imidazole rings is 1. The van der Waals surface area contributed by atoms with Crippen molar-refractivity contribution in [2.45, 2.75) is 30.6 Å². The molecule has 2 bridgehead atoms. The van der Waals surface area contributed by atoms with Crippen LogP contribution in [-0.2, 0) is 20.8 Å². The van der Waals surface area contributed by atoms with E-state index in [1.54, 1.807) is 10.9 Å². The van der Waals surface area contributed by atoms with Crippen LogP contribution in [0.15, 0.2) is 41.4 Å². The first-order valence-corrected chi connectivity index (χ1v) is 10.2. The standard InChI is InChI=1S/C19H19BrN6O4/c1-21-18(28)19-7-29-13(14(19)27)17(30-19)26-9-25-12-15(23-8-24-16(12)26)22-6-10-3-2-4-11(20)5-10/h2-5,8-9,13-14,17,27H,6-7H2,1H3,(H,21,28)(H,22,23,24)/t13-,14?,17+,19+/m0/s1. The fourth-order valence-electron chi connectivity index (χ4n) is 3.97. The number of nitrogens with one attached hydrogen (secondary N) is 2. The summed E-state index contributed by atoms with van der Waals surface area (Å²) in [6.45, 7) is 0.554. The Morgan fingerprint density at radius 3 is 3.07 bits per heavy atom. The highest BCUT2D eigenvalue weighted by atomic mass is 79.9. The Kier molecular flexibility index (Phi) is 4.69. The Balaban J connectivity index is 1.44. The minimum Gasteiger partial charge on any atom is -0.387 e. The van der Waals surface area contributed by atoms with Crippen molar-refractivity contribution in [2.75, 3.05) is 19.0 Å². The number of likely N-dealkylation sites (N-methyl/N-ethyl adjacent to an activating group) is 1. The quantitative estimate of drug-likeness (QED) is 0.499. The lowest BCUT2D eigenvalue weighted by atomic mass is 9.98. The molecule has 3 N–H and O–H groups in total. The summed E-state index contributed by atoms with van der Waals surface area (Å²) in [5, 5.41) is 16.4. The van der Waals surface area contributed by atoms with Crippen LogP contribution >= 0.6 is 15.9 Å². The van der Waals surface area contributed by atoms with Crippen LogP contribution in [0, 0.1) is 0 Å². The van der Waals surface area contributed by atoms with Gasteiger partial charge in [0.2, 0.25) is 5.60 Å². The highest BCUT2D eigenvalue weighted by molar-refractivity contribution is 9.10. The van der Waals surface area contributed by atoms with Gasteiger partial charge >= 0.3 is 0 Å². The predicted molar refractivity (Wildman–Crippen MR) is 109 cm³/mol. The number of fused-ring (bicyclic) bond motifs is 3. The lowest BCUT2D eigenvalue weighted by Crippen LogP contribution is -2.53. The molecule has 2 aliphatic rings. The van der Waals surface area contributed by atoms with Gasteiger partial charge in [-0.1, -0.05) is 28.1 Å². The number of hydrogen-bond donors (Lipinski definition) is 3. The fraction of sp³-hybridized carbons (Fsp3) is 0.368. The molecule has 2 fully saturated rings. The summed E-state index contributed by atoms with van der Waals surface area (Å²) in [4.78, 5) is 25.4. The third-order valence-electron chi connectivity index (χ3n) is 5.48. The maximum atomic E-state index is 12.3. The van der Waals surface area contributed by atoms with Crippen LogP contribution in [0.25, 0.3) is 11.2 Å². The van der Waals surface area contributed by atoms with Gasteiger partial charge in [-0.05, 0) is 17.7 Å². The van der Waals surface area contributed by atoms with Crippen LogP contribution < -0.4 is 10.6 Å². The molecule has 0 aliphatic carbocycles. The second-order valence-electron chi connectivity index (χ2n) is 7.23. The minimum absolute atomic E-state index is 0.00391. The Morgan fingerprint density at radius 1 is 1.40 bits per heavy atom. The van der Waals surface area contributed by atoms with E-state index in [1.807, 2.05) is 24.3 Å². The molecule has 5 rings (SSSR count). The third kappa shape index (κ3) is 2.88. The molecule has 2 aromatic heterocycles. The van der Waals surface area contributed by atoms with Gasteiger partial charge in [-0.2, -0.15) is 0 Å². The lowest BCUT2D eigenvalue weighted by molar-refractivity contribution is -0.184. The molecule has 11 heteroatoms. The average molecular weight is 475 g/mol. The van der Waals surface area contributed by atoms with Crippen LogP contribution in [0.2, 0.25) is 0 Å². The van der Waals surface area contributed by atoms with E-state index in [9.17, 15) is 9.90 Å². The van der Waals surface area contributed by atoms with E-state index in [0.717, 1.165) is 10.0 Å². The zero-order chi connectivity index (χ0) is 20.9. The van der Waals surface area contributed by atoms with Crippen LogP contribution in [-0.4, -0.2) is 62.0 Å². The van der Waals surface area contributed by atoms with E-state index in [2.05, 4.69) is 41.5 Å².